The van der Waals surface area contributed by atoms with Crippen LogP contribution in [0.3, 0.4) is 0 Å². The Kier molecular flexibility index (Phi) is 5.31. The number of halogens is 4. The molecule has 2 N–H and O–H groups in total. The van der Waals surface area contributed by atoms with E-state index in [2.05, 4.69) is 9.97 Å². The predicted octanol–water partition coefficient (Wildman–Crippen LogP) is 3.91. The Hall–Kier alpha value is -1.66. The van der Waals surface area contributed by atoms with Gasteiger partial charge in [0.1, 0.15) is 5.69 Å². The summed E-state index contributed by atoms with van der Waals surface area (Å²) in [6, 6.07) is 4.12. The second kappa shape index (κ2) is 6.41. The molecular formula is C14H15ClF3N3. The first-order valence-electron chi connectivity index (χ1n) is 6.05. The molecule has 2 aromatic rings. The van der Waals surface area contributed by atoms with Crippen molar-refractivity contribution in [1.82, 2.24) is 9.97 Å². The molecule has 0 radical (unpaired) electrons. The Bertz CT molecular complexity index is 627. The minimum atomic E-state index is -4.46. The average Bonchev–Trinajstić information content (AvgIpc) is 2.37. The summed E-state index contributed by atoms with van der Waals surface area (Å²) in [6.45, 7) is 3.62. The number of rotatable bonds is 2. The Morgan fingerprint density at radius 2 is 1.86 bits per heavy atom. The van der Waals surface area contributed by atoms with Gasteiger partial charge in [-0.2, -0.15) is 13.2 Å². The van der Waals surface area contributed by atoms with E-state index in [-0.39, 0.29) is 18.4 Å². The van der Waals surface area contributed by atoms with Crippen molar-refractivity contribution in [1.29, 1.82) is 0 Å². The number of hydrogen-bond acceptors (Lipinski definition) is 3. The zero-order valence-corrected chi connectivity index (χ0v) is 12.3. The molecule has 0 spiro atoms. The smallest absolute Gasteiger partial charge is 0.323 e. The lowest BCUT2D eigenvalue weighted by atomic mass is 10.0. The summed E-state index contributed by atoms with van der Waals surface area (Å²) in [4.78, 5) is 7.53. The molecule has 0 aliphatic carbocycles. The van der Waals surface area contributed by atoms with Gasteiger partial charge in [0.25, 0.3) is 0 Å². The fourth-order valence-corrected chi connectivity index (χ4v) is 1.88. The van der Waals surface area contributed by atoms with E-state index in [4.69, 9.17) is 5.73 Å². The molecule has 2 heterocycles. The van der Waals surface area contributed by atoms with Crippen molar-refractivity contribution >= 4 is 12.4 Å². The van der Waals surface area contributed by atoms with Crippen molar-refractivity contribution in [2.24, 2.45) is 5.73 Å². The normalized spacial score (nSPS) is 12.7. The highest BCUT2D eigenvalue weighted by Crippen LogP contribution is 2.31. The van der Waals surface area contributed by atoms with E-state index in [1.54, 1.807) is 19.2 Å². The van der Waals surface area contributed by atoms with Gasteiger partial charge in [0.05, 0.1) is 5.69 Å². The second-order valence-electron chi connectivity index (χ2n) is 4.64. The highest BCUT2D eigenvalue weighted by Gasteiger charge is 2.32. The second-order valence-corrected chi connectivity index (χ2v) is 4.64. The number of nitrogens with zero attached hydrogens (tertiary/aromatic N) is 2. The summed E-state index contributed by atoms with van der Waals surface area (Å²) in [5, 5.41) is 0. The van der Waals surface area contributed by atoms with Gasteiger partial charge in [-0.3, -0.25) is 9.97 Å². The third kappa shape index (κ3) is 3.92. The molecule has 1 unspecified atom stereocenters. The minimum Gasteiger partial charge on any atom is -0.323 e. The molecule has 2 aromatic heterocycles. The van der Waals surface area contributed by atoms with E-state index in [9.17, 15) is 13.2 Å². The van der Waals surface area contributed by atoms with Crippen LogP contribution in [-0.2, 0) is 6.18 Å². The molecule has 114 valence electrons. The maximum Gasteiger partial charge on any atom is 0.433 e. The lowest BCUT2D eigenvalue weighted by Gasteiger charge is -2.11. The molecule has 0 aliphatic rings. The van der Waals surface area contributed by atoms with Gasteiger partial charge >= 0.3 is 6.18 Å². The third-order valence-corrected chi connectivity index (χ3v) is 2.96. The van der Waals surface area contributed by atoms with Gasteiger partial charge in [-0.1, -0.05) is 0 Å². The van der Waals surface area contributed by atoms with E-state index < -0.39 is 11.9 Å². The van der Waals surface area contributed by atoms with E-state index in [1.807, 2.05) is 6.92 Å². The van der Waals surface area contributed by atoms with Crippen LogP contribution in [0.1, 0.15) is 29.9 Å². The minimum absolute atomic E-state index is 0. The number of aryl methyl sites for hydroxylation is 1. The van der Waals surface area contributed by atoms with Crippen LogP contribution in [0, 0.1) is 6.92 Å². The van der Waals surface area contributed by atoms with E-state index in [0.717, 1.165) is 17.8 Å². The molecule has 2 rings (SSSR count). The first-order valence-corrected chi connectivity index (χ1v) is 6.05. The van der Waals surface area contributed by atoms with Crippen molar-refractivity contribution in [3.63, 3.8) is 0 Å². The Morgan fingerprint density at radius 1 is 1.19 bits per heavy atom. The molecule has 0 saturated carbocycles. The molecule has 0 aromatic carbocycles. The van der Waals surface area contributed by atoms with Crippen LogP contribution >= 0.6 is 12.4 Å². The molecule has 7 heteroatoms. The summed E-state index contributed by atoms with van der Waals surface area (Å²) >= 11 is 0. The molecule has 0 amide bonds. The topological polar surface area (TPSA) is 51.8 Å². The number of aromatic nitrogens is 2. The van der Waals surface area contributed by atoms with Gasteiger partial charge in [0.2, 0.25) is 0 Å². The number of alkyl halides is 3. The summed E-state index contributed by atoms with van der Waals surface area (Å²) in [6.07, 6.45) is -1.76. The molecule has 21 heavy (non-hydrogen) atoms. The molecule has 0 fully saturated rings. The standard InChI is InChI=1S/C14H14F3N3.ClH/c1-8-5-12(9(2)18)20-7-11(8)10-3-4-19-13(6-10)14(15,16)17;/h3-7,9H,18H2,1-2H3;1H. The van der Waals surface area contributed by atoms with Crippen molar-refractivity contribution in [3.05, 3.63) is 47.5 Å². The van der Waals surface area contributed by atoms with Crippen LogP contribution in [0.2, 0.25) is 0 Å². The van der Waals surface area contributed by atoms with Crippen molar-refractivity contribution < 1.29 is 13.2 Å². The van der Waals surface area contributed by atoms with Crippen molar-refractivity contribution in [2.75, 3.05) is 0 Å². The number of pyridine rings is 2. The molecule has 0 saturated heterocycles. The highest BCUT2D eigenvalue weighted by atomic mass is 35.5. The van der Waals surface area contributed by atoms with Gasteiger partial charge < -0.3 is 5.73 Å². The first-order chi connectivity index (χ1) is 9.29. The molecule has 0 bridgehead atoms. The maximum absolute atomic E-state index is 12.7. The molecule has 1 atom stereocenters. The van der Waals surface area contributed by atoms with Crippen LogP contribution in [0.5, 0.6) is 0 Å². The van der Waals surface area contributed by atoms with Gasteiger partial charge in [-0.15, -0.1) is 12.4 Å². The number of hydrogen-bond donors (Lipinski definition) is 1. The molecule has 3 nitrogen and oxygen atoms in total. The quantitative estimate of drug-likeness (QED) is 0.913. The Balaban J connectivity index is 0.00000220. The van der Waals surface area contributed by atoms with Gasteiger partial charge in [0.15, 0.2) is 0 Å². The van der Waals surface area contributed by atoms with Gasteiger partial charge in [0, 0.05) is 24.0 Å². The van der Waals surface area contributed by atoms with Crippen LogP contribution in [-0.4, -0.2) is 9.97 Å². The van der Waals surface area contributed by atoms with E-state index in [1.165, 1.54) is 6.07 Å². The van der Waals surface area contributed by atoms with Crippen molar-refractivity contribution in [2.45, 2.75) is 26.1 Å². The zero-order valence-electron chi connectivity index (χ0n) is 11.5. The molecular weight excluding hydrogens is 303 g/mol. The predicted molar refractivity (Wildman–Crippen MR) is 77.1 cm³/mol. The van der Waals surface area contributed by atoms with Crippen LogP contribution in [0.4, 0.5) is 13.2 Å². The third-order valence-electron chi connectivity index (χ3n) is 2.96. The number of nitrogens with two attached hydrogens (primary N) is 1. The van der Waals surface area contributed by atoms with Crippen LogP contribution in [0.15, 0.2) is 30.6 Å². The van der Waals surface area contributed by atoms with Gasteiger partial charge in [-0.05, 0) is 43.2 Å². The lowest BCUT2D eigenvalue weighted by molar-refractivity contribution is -0.141. The maximum atomic E-state index is 12.7. The molecule has 0 aliphatic heterocycles. The summed E-state index contributed by atoms with van der Waals surface area (Å²) in [7, 11) is 0. The first kappa shape index (κ1) is 17.4. The monoisotopic (exact) mass is 317 g/mol. The summed E-state index contributed by atoms with van der Waals surface area (Å²) in [5.41, 5.74) is 7.43. The summed E-state index contributed by atoms with van der Waals surface area (Å²) < 4.78 is 38.0. The highest BCUT2D eigenvalue weighted by molar-refractivity contribution is 5.85. The fraction of sp³-hybridized carbons (Fsp3) is 0.286. The fourth-order valence-electron chi connectivity index (χ4n) is 1.88. The largest absolute Gasteiger partial charge is 0.433 e. The van der Waals surface area contributed by atoms with Crippen LogP contribution < -0.4 is 5.73 Å². The van der Waals surface area contributed by atoms with Crippen molar-refractivity contribution in [3.8, 4) is 11.1 Å². The van der Waals surface area contributed by atoms with Crippen LogP contribution in [0.25, 0.3) is 11.1 Å². The average molecular weight is 318 g/mol. The van der Waals surface area contributed by atoms with E-state index in [0.29, 0.717) is 16.8 Å². The SMILES string of the molecule is Cc1cc(C(C)N)ncc1-c1ccnc(C(F)(F)F)c1.Cl. The van der Waals surface area contributed by atoms with Gasteiger partial charge in [-0.25, -0.2) is 0 Å². The zero-order chi connectivity index (χ0) is 14.9. The van der Waals surface area contributed by atoms with E-state index >= 15 is 0 Å². The Morgan fingerprint density at radius 3 is 2.38 bits per heavy atom. The Labute approximate surface area is 126 Å². The lowest BCUT2D eigenvalue weighted by Crippen LogP contribution is -2.09. The summed E-state index contributed by atoms with van der Waals surface area (Å²) in [5.74, 6) is 0.